The summed E-state index contributed by atoms with van der Waals surface area (Å²) in [7, 11) is -4.45. The minimum absolute atomic E-state index is 0. The molecule has 56 valence electrons. The van der Waals surface area contributed by atoms with E-state index in [1.807, 2.05) is 6.92 Å². The molecule has 0 fully saturated rings. The third kappa shape index (κ3) is 12.2. The van der Waals surface area contributed by atoms with Crippen molar-refractivity contribution in [3.63, 3.8) is 0 Å². The Hall–Kier alpha value is 1.51. The minimum atomic E-state index is -4.45. The predicted molar refractivity (Wildman–Crippen MR) is 30.6 cm³/mol. The third-order valence-corrected chi connectivity index (χ3v) is 1.18. The van der Waals surface area contributed by atoms with E-state index < -0.39 is 10.4 Å². The van der Waals surface area contributed by atoms with Crippen LogP contribution in [-0.4, -0.2) is 19.6 Å². The van der Waals surface area contributed by atoms with Crippen LogP contribution in [0, 0.1) is 0 Å². The fraction of sp³-hybridized carbons (Fsp3) is 1.00. The van der Waals surface area contributed by atoms with E-state index in [-0.39, 0.29) is 58.0 Å². The molecule has 6 heteroatoms. The van der Waals surface area contributed by atoms with Crippen LogP contribution >= 0.6 is 0 Å². The molecule has 0 aliphatic rings. The van der Waals surface area contributed by atoms with E-state index in [1.54, 1.807) is 0 Å². The van der Waals surface area contributed by atoms with Crippen molar-refractivity contribution in [3.8, 4) is 0 Å². The first-order valence-corrected chi connectivity index (χ1v) is 4.00. The molecule has 0 spiro atoms. The summed E-state index contributed by atoms with van der Waals surface area (Å²) in [5.74, 6) is 0. The van der Waals surface area contributed by atoms with Crippen molar-refractivity contribution in [2.24, 2.45) is 0 Å². The first-order valence-electron chi connectivity index (χ1n) is 2.66. The summed E-state index contributed by atoms with van der Waals surface area (Å²) in [4.78, 5) is 0. The average Bonchev–Trinajstić information content (AvgIpc) is 1.63. The van der Waals surface area contributed by atoms with Gasteiger partial charge in [-0.1, -0.05) is 13.3 Å². The Bertz CT molecular complexity index is 153. The summed E-state index contributed by atoms with van der Waals surface area (Å²) in [5, 5.41) is 0. The molecule has 0 unspecified atom stereocenters. The molecule has 0 aromatic heterocycles. The van der Waals surface area contributed by atoms with Crippen molar-refractivity contribution >= 4 is 10.4 Å². The van der Waals surface area contributed by atoms with Crippen LogP contribution in [0.4, 0.5) is 0 Å². The molecule has 0 saturated heterocycles. The first-order chi connectivity index (χ1) is 4.06. The molecule has 10 heavy (non-hydrogen) atoms. The summed E-state index contributed by atoms with van der Waals surface area (Å²) >= 11 is 0. The van der Waals surface area contributed by atoms with E-state index in [0.29, 0.717) is 6.42 Å². The topological polar surface area (TPSA) is 66.4 Å². The van der Waals surface area contributed by atoms with Crippen LogP contribution in [0.5, 0.6) is 0 Å². The molecule has 0 saturated carbocycles. The van der Waals surface area contributed by atoms with Crippen LogP contribution in [0.25, 0.3) is 0 Å². The Morgan fingerprint density at radius 1 is 1.50 bits per heavy atom. The van der Waals surface area contributed by atoms with Crippen molar-refractivity contribution in [1.29, 1.82) is 0 Å². The molecule has 0 aliphatic heterocycles. The second-order valence-corrected chi connectivity index (χ2v) is 2.64. The van der Waals surface area contributed by atoms with Crippen LogP contribution in [0.1, 0.15) is 19.8 Å². The molecule has 0 bridgehead atoms. The normalized spacial score (nSPS) is 10.6. The molecule has 0 radical (unpaired) electrons. The van der Waals surface area contributed by atoms with Gasteiger partial charge < -0.3 is 4.55 Å². The van der Waals surface area contributed by atoms with E-state index in [1.165, 1.54) is 0 Å². The van der Waals surface area contributed by atoms with Gasteiger partial charge in [-0.3, -0.25) is 4.18 Å². The number of hydrogen-bond donors (Lipinski definition) is 0. The van der Waals surface area contributed by atoms with Gasteiger partial charge in [-0.05, 0) is 6.42 Å². The van der Waals surface area contributed by atoms with Crippen LogP contribution in [0.15, 0.2) is 0 Å². The molecule has 0 atom stereocenters. The summed E-state index contributed by atoms with van der Waals surface area (Å²) in [5.41, 5.74) is 0. The number of unbranched alkanes of at least 4 members (excludes halogenated alkanes) is 1. The second-order valence-electron chi connectivity index (χ2n) is 1.58. The largest absolute Gasteiger partial charge is 1.00 e. The summed E-state index contributed by atoms with van der Waals surface area (Å²) in [6.07, 6.45) is 1.41. The molecule has 4 nitrogen and oxygen atoms in total. The Balaban J connectivity index is 0. The standard InChI is InChI=1S/C4H10O4S.K/c1-2-3-4-8-9(5,6)7;/h2-4H2,1H3,(H,5,6,7);/q;+1/p-1. The van der Waals surface area contributed by atoms with Crippen LogP contribution in [0.3, 0.4) is 0 Å². The molecule has 0 aromatic carbocycles. The monoisotopic (exact) mass is 192 g/mol. The van der Waals surface area contributed by atoms with Gasteiger partial charge in [-0.15, -0.1) is 0 Å². The Morgan fingerprint density at radius 2 is 2.00 bits per heavy atom. The molecular formula is C4H9KO4S. The van der Waals surface area contributed by atoms with Crippen molar-refractivity contribution in [2.75, 3.05) is 6.61 Å². The Kier molecular flexibility index (Phi) is 10.1. The molecule has 0 aromatic rings. The van der Waals surface area contributed by atoms with Gasteiger partial charge in [0.15, 0.2) is 0 Å². The van der Waals surface area contributed by atoms with E-state index >= 15 is 0 Å². The zero-order chi connectivity index (χ0) is 7.33. The van der Waals surface area contributed by atoms with Crippen LogP contribution in [-0.2, 0) is 14.6 Å². The molecule has 0 heterocycles. The van der Waals surface area contributed by atoms with Gasteiger partial charge in [0.2, 0.25) is 10.4 Å². The second kappa shape index (κ2) is 7.17. The molecule has 0 rings (SSSR count). The Morgan fingerprint density at radius 3 is 2.30 bits per heavy atom. The first kappa shape index (κ1) is 14.1. The zero-order valence-corrected chi connectivity index (χ0v) is 10.1. The maximum atomic E-state index is 9.73. The van der Waals surface area contributed by atoms with E-state index in [4.69, 9.17) is 0 Å². The van der Waals surface area contributed by atoms with E-state index in [2.05, 4.69) is 4.18 Å². The maximum absolute atomic E-state index is 9.73. The zero-order valence-electron chi connectivity index (χ0n) is 6.16. The molecular weight excluding hydrogens is 183 g/mol. The van der Waals surface area contributed by atoms with Crippen molar-refractivity contribution in [3.05, 3.63) is 0 Å². The molecule has 0 aliphatic carbocycles. The van der Waals surface area contributed by atoms with Gasteiger partial charge >= 0.3 is 51.4 Å². The fourth-order valence-electron chi connectivity index (χ4n) is 0.305. The van der Waals surface area contributed by atoms with Gasteiger partial charge in [-0.25, -0.2) is 8.42 Å². The van der Waals surface area contributed by atoms with Gasteiger partial charge in [0.1, 0.15) is 0 Å². The van der Waals surface area contributed by atoms with Crippen molar-refractivity contribution < 1.29 is 68.5 Å². The smallest absolute Gasteiger partial charge is 0.726 e. The van der Waals surface area contributed by atoms with Gasteiger partial charge in [0.05, 0.1) is 6.61 Å². The summed E-state index contributed by atoms with van der Waals surface area (Å²) < 4.78 is 33.1. The molecule has 0 amide bonds. The van der Waals surface area contributed by atoms with Gasteiger partial charge in [0.25, 0.3) is 0 Å². The summed E-state index contributed by atoms with van der Waals surface area (Å²) in [6.45, 7) is 1.88. The van der Waals surface area contributed by atoms with Gasteiger partial charge in [0, 0.05) is 0 Å². The number of hydrogen-bond acceptors (Lipinski definition) is 4. The third-order valence-electron chi connectivity index (χ3n) is 0.726. The quantitative estimate of drug-likeness (QED) is 0.210. The SMILES string of the molecule is CCCCOS(=O)(=O)[O-].[K+]. The van der Waals surface area contributed by atoms with E-state index in [0.717, 1.165) is 6.42 Å². The van der Waals surface area contributed by atoms with Crippen molar-refractivity contribution in [1.82, 2.24) is 0 Å². The predicted octanol–water partition coefficient (Wildman–Crippen LogP) is -2.73. The van der Waals surface area contributed by atoms with Crippen molar-refractivity contribution in [2.45, 2.75) is 19.8 Å². The average molecular weight is 192 g/mol. The number of rotatable bonds is 4. The maximum Gasteiger partial charge on any atom is 1.00 e. The van der Waals surface area contributed by atoms with Crippen LogP contribution < -0.4 is 51.4 Å². The minimum Gasteiger partial charge on any atom is -0.726 e. The molecule has 0 N–H and O–H groups in total. The summed E-state index contributed by atoms with van der Waals surface area (Å²) in [6, 6.07) is 0. The Labute approximate surface area is 104 Å². The van der Waals surface area contributed by atoms with Gasteiger partial charge in [-0.2, -0.15) is 0 Å². The van der Waals surface area contributed by atoms with E-state index in [9.17, 15) is 13.0 Å². The van der Waals surface area contributed by atoms with Crippen LogP contribution in [0.2, 0.25) is 0 Å². The fourth-order valence-corrected chi connectivity index (χ4v) is 0.627.